The highest BCUT2D eigenvalue weighted by molar-refractivity contribution is 6.42. The van der Waals surface area contributed by atoms with E-state index in [1.165, 1.54) is 0 Å². The van der Waals surface area contributed by atoms with Gasteiger partial charge in [-0.2, -0.15) is 5.10 Å². The Morgan fingerprint density at radius 1 is 0.879 bits per heavy atom. The fourth-order valence-corrected chi connectivity index (χ4v) is 3.71. The van der Waals surface area contributed by atoms with Crippen molar-refractivity contribution in [1.29, 1.82) is 0 Å². The van der Waals surface area contributed by atoms with Crippen LogP contribution in [0.15, 0.2) is 72.9 Å². The molecule has 168 valence electrons. The number of hydrogen-bond acceptors (Lipinski definition) is 3. The molecule has 0 aliphatic heterocycles. The lowest BCUT2D eigenvalue weighted by Crippen LogP contribution is -2.13. The zero-order valence-corrected chi connectivity index (χ0v) is 20.1. The number of nitrogens with zero attached hydrogens (tertiary/aromatic N) is 2. The Hall–Kier alpha value is -2.70. The zero-order chi connectivity index (χ0) is 23.4. The monoisotopic (exact) mass is 519 g/mol. The summed E-state index contributed by atoms with van der Waals surface area (Å²) in [7, 11) is 0. The maximum absolute atomic E-state index is 12.8. The second-order valence-corrected chi connectivity index (χ2v) is 8.83. The van der Waals surface area contributed by atoms with E-state index in [2.05, 4.69) is 10.4 Å². The quantitative estimate of drug-likeness (QED) is 0.276. The number of carbonyl (C=O) groups excluding carboxylic acids is 1. The summed E-state index contributed by atoms with van der Waals surface area (Å²) in [6.45, 7) is 0.728. The standard InChI is InChI=1S/C24H17Cl4N3O2/c25-18-5-7-19(8-6-18)33-14-16-2-1-3-17(10-16)24(32)29-23-22(28)13-31(30-23)12-15-4-9-20(26)21(27)11-15/h1-11,13H,12,14H2,(H,29,30,32). The fraction of sp³-hybridized carbons (Fsp3) is 0.0833. The van der Waals surface area contributed by atoms with E-state index in [1.807, 2.05) is 12.1 Å². The van der Waals surface area contributed by atoms with Gasteiger partial charge in [0, 0.05) is 16.8 Å². The van der Waals surface area contributed by atoms with Crippen LogP contribution in [0, 0.1) is 0 Å². The van der Waals surface area contributed by atoms with E-state index in [0.717, 1.165) is 11.1 Å². The summed E-state index contributed by atoms with van der Waals surface area (Å²) in [5, 5.41) is 9.03. The molecule has 33 heavy (non-hydrogen) atoms. The van der Waals surface area contributed by atoms with E-state index < -0.39 is 0 Å². The van der Waals surface area contributed by atoms with Crippen LogP contribution in [0.2, 0.25) is 20.1 Å². The molecule has 0 saturated heterocycles. The fourth-order valence-electron chi connectivity index (χ4n) is 3.07. The molecule has 0 fully saturated rings. The molecule has 0 radical (unpaired) electrons. The van der Waals surface area contributed by atoms with E-state index in [-0.39, 0.29) is 11.7 Å². The lowest BCUT2D eigenvalue weighted by atomic mass is 10.1. The second kappa shape index (κ2) is 10.5. The summed E-state index contributed by atoms with van der Waals surface area (Å²) in [6, 6.07) is 19.5. The van der Waals surface area contributed by atoms with Crippen molar-refractivity contribution in [2.24, 2.45) is 0 Å². The molecule has 9 heteroatoms. The van der Waals surface area contributed by atoms with E-state index in [1.54, 1.807) is 65.5 Å². The van der Waals surface area contributed by atoms with Crippen LogP contribution in [0.4, 0.5) is 5.82 Å². The van der Waals surface area contributed by atoms with Crippen molar-refractivity contribution in [1.82, 2.24) is 9.78 Å². The molecule has 4 aromatic rings. The number of aromatic nitrogens is 2. The highest BCUT2D eigenvalue weighted by atomic mass is 35.5. The molecular weight excluding hydrogens is 504 g/mol. The Labute approximate surface area is 210 Å². The topological polar surface area (TPSA) is 56.2 Å². The Morgan fingerprint density at radius 2 is 1.67 bits per heavy atom. The molecule has 0 atom stereocenters. The first-order chi connectivity index (χ1) is 15.9. The molecule has 0 aliphatic rings. The number of anilines is 1. The summed E-state index contributed by atoms with van der Waals surface area (Å²) in [4.78, 5) is 12.8. The molecule has 0 aliphatic carbocycles. The van der Waals surface area contributed by atoms with Gasteiger partial charge in [0.25, 0.3) is 5.91 Å². The Kier molecular flexibility index (Phi) is 7.46. The minimum atomic E-state index is -0.329. The van der Waals surface area contributed by atoms with Crippen LogP contribution < -0.4 is 10.1 Å². The van der Waals surface area contributed by atoms with Gasteiger partial charge in [-0.25, -0.2) is 0 Å². The summed E-state index contributed by atoms with van der Waals surface area (Å²) in [5.74, 6) is 0.628. The molecule has 0 bridgehead atoms. The van der Waals surface area contributed by atoms with Gasteiger partial charge in [-0.15, -0.1) is 0 Å². The molecule has 1 heterocycles. The Morgan fingerprint density at radius 3 is 2.42 bits per heavy atom. The number of hydrogen-bond donors (Lipinski definition) is 1. The minimum Gasteiger partial charge on any atom is -0.489 e. The van der Waals surface area contributed by atoms with Gasteiger partial charge in [0.15, 0.2) is 5.82 Å². The summed E-state index contributed by atoms with van der Waals surface area (Å²) in [6.07, 6.45) is 1.63. The Bertz CT molecular complexity index is 1290. The largest absolute Gasteiger partial charge is 0.489 e. The number of rotatable bonds is 7. The Balaban J connectivity index is 1.41. The molecule has 4 rings (SSSR count). The van der Waals surface area contributed by atoms with Crippen LogP contribution >= 0.6 is 46.4 Å². The molecule has 1 amide bonds. The predicted molar refractivity (Wildman–Crippen MR) is 133 cm³/mol. The van der Waals surface area contributed by atoms with Gasteiger partial charge in [0.2, 0.25) is 0 Å². The van der Waals surface area contributed by atoms with Gasteiger partial charge in [-0.1, -0.05) is 64.6 Å². The van der Waals surface area contributed by atoms with E-state index >= 15 is 0 Å². The molecule has 5 nitrogen and oxygen atoms in total. The highest BCUT2D eigenvalue weighted by Gasteiger charge is 2.13. The number of nitrogens with one attached hydrogen (secondary N) is 1. The van der Waals surface area contributed by atoms with E-state index in [0.29, 0.717) is 44.6 Å². The SMILES string of the molecule is O=C(Nc1nn(Cc2ccc(Cl)c(Cl)c2)cc1Cl)c1cccc(COc2ccc(Cl)cc2)c1. The van der Waals surface area contributed by atoms with Gasteiger partial charge < -0.3 is 10.1 Å². The maximum atomic E-state index is 12.8. The van der Waals surface area contributed by atoms with Crippen LogP contribution in [-0.2, 0) is 13.2 Å². The van der Waals surface area contributed by atoms with Crippen molar-refractivity contribution in [3.63, 3.8) is 0 Å². The van der Waals surface area contributed by atoms with Gasteiger partial charge in [0.1, 0.15) is 17.4 Å². The molecule has 0 spiro atoms. The number of benzene rings is 3. The molecule has 3 aromatic carbocycles. The van der Waals surface area contributed by atoms with Crippen molar-refractivity contribution < 1.29 is 9.53 Å². The summed E-state index contributed by atoms with van der Waals surface area (Å²) >= 11 is 24.2. The van der Waals surface area contributed by atoms with Crippen LogP contribution in [0.3, 0.4) is 0 Å². The average molecular weight is 521 g/mol. The molecule has 1 N–H and O–H groups in total. The third-order valence-corrected chi connectivity index (χ3v) is 5.95. The minimum absolute atomic E-state index is 0.268. The van der Waals surface area contributed by atoms with Crippen LogP contribution in [0.25, 0.3) is 0 Å². The van der Waals surface area contributed by atoms with Crippen molar-refractivity contribution in [3.05, 3.63) is 110 Å². The molecule has 0 saturated carbocycles. The lowest BCUT2D eigenvalue weighted by molar-refractivity contribution is 0.102. The first-order valence-corrected chi connectivity index (χ1v) is 11.3. The average Bonchev–Trinajstić information content (AvgIpc) is 3.14. The van der Waals surface area contributed by atoms with Crippen molar-refractivity contribution >= 4 is 58.1 Å². The van der Waals surface area contributed by atoms with Crippen LogP contribution in [0.1, 0.15) is 21.5 Å². The van der Waals surface area contributed by atoms with Crippen molar-refractivity contribution in [2.45, 2.75) is 13.2 Å². The summed E-state index contributed by atoms with van der Waals surface area (Å²) < 4.78 is 7.37. The predicted octanol–water partition coefficient (Wildman–Crippen LogP) is 7.38. The molecule has 1 aromatic heterocycles. The normalized spacial score (nSPS) is 10.8. The highest BCUT2D eigenvalue weighted by Crippen LogP contribution is 2.25. The number of halogens is 4. The first kappa shape index (κ1) is 23.5. The number of ether oxygens (including phenoxy) is 1. The van der Waals surface area contributed by atoms with E-state index in [4.69, 9.17) is 51.1 Å². The number of amides is 1. The van der Waals surface area contributed by atoms with Gasteiger partial charge in [0.05, 0.1) is 16.6 Å². The third-order valence-electron chi connectivity index (χ3n) is 4.69. The molecule has 0 unspecified atom stereocenters. The van der Waals surface area contributed by atoms with Crippen LogP contribution in [-0.4, -0.2) is 15.7 Å². The van der Waals surface area contributed by atoms with E-state index in [9.17, 15) is 4.79 Å². The van der Waals surface area contributed by atoms with Crippen molar-refractivity contribution in [2.75, 3.05) is 5.32 Å². The van der Waals surface area contributed by atoms with Crippen LogP contribution in [0.5, 0.6) is 5.75 Å². The molecular formula is C24H17Cl4N3O2. The van der Waals surface area contributed by atoms with Crippen molar-refractivity contribution in [3.8, 4) is 5.75 Å². The maximum Gasteiger partial charge on any atom is 0.256 e. The van der Waals surface area contributed by atoms with Gasteiger partial charge in [-0.3, -0.25) is 9.48 Å². The smallest absolute Gasteiger partial charge is 0.256 e. The second-order valence-electron chi connectivity index (χ2n) is 7.17. The number of carbonyl (C=O) groups is 1. The van der Waals surface area contributed by atoms with Gasteiger partial charge in [-0.05, 0) is 59.7 Å². The lowest BCUT2D eigenvalue weighted by Gasteiger charge is -2.08. The first-order valence-electron chi connectivity index (χ1n) is 9.83. The zero-order valence-electron chi connectivity index (χ0n) is 17.1. The summed E-state index contributed by atoms with van der Waals surface area (Å²) in [5.41, 5.74) is 2.20. The third kappa shape index (κ3) is 6.21. The van der Waals surface area contributed by atoms with Gasteiger partial charge >= 0.3 is 0 Å².